The SMILES string of the molecule is CCCc1cc(=O)oc2cc(OCc3nc(-c4cccc(OC)c4)no3)ccc12. The summed E-state index contributed by atoms with van der Waals surface area (Å²) in [5.74, 6) is 2.06. The van der Waals surface area contributed by atoms with Crippen LogP contribution in [0.15, 0.2) is 62.3 Å². The van der Waals surface area contributed by atoms with E-state index in [-0.39, 0.29) is 12.2 Å². The summed E-state index contributed by atoms with van der Waals surface area (Å²) in [6.45, 7) is 2.17. The Morgan fingerprint density at radius 1 is 1.07 bits per heavy atom. The summed E-state index contributed by atoms with van der Waals surface area (Å²) in [6, 6.07) is 14.4. The van der Waals surface area contributed by atoms with E-state index in [1.54, 1.807) is 19.2 Å². The maximum Gasteiger partial charge on any atom is 0.336 e. The molecule has 7 heteroatoms. The summed E-state index contributed by atoms with van der Waals surface area (Å²) in [4.78, 5) is 16.2. The molecule has 0 N–H and O–H groups in total. The fraction of sp³-hybridized carbons (Fsp3) is 0.227. The molecule has 0 amide bonds. The van der Waals surface area contributed by atoms with Gasteiger partial charge in [0.2, 0.25) is 5.82 Å². The van der Waals surface area contributed by atoms with Crippen LogP contribution >= 0.6 is 0 Å². The molecule has 2 aromatic carbocycles. The number of benzene rings is 2. The minimum Gasteiger partial charge on any atom is -0.497 e. The second kappa shape index (κ2) is 8.18. The molecule has 2 heterocycles. The highest BCUT2D eigenvalue weighted by atomic mass is 16.5. The highest BCUT2D eigenvalue weighted by Gasteiger charge is 2.11. The van der Waals surface area contributed by atoms with Crippen LogP contribution in [0.1, 0.15) is 24.8 Å². The molecule has 0 saturated carbocycles. The molecule has 0 aliphatic carbocycles. The number of hydrogen-bond acceptors (Lipinski definition) is 7. The van der Waals surface area contributed by atoms with Crippen LogP contribution in [0.2, 0.25) is 0 Å². The van der Waals surface area contributed by atoms with Crippen LogP contribution in [-0.4, -0.2) is 17.3 Å². The normalized spacial score (nSPS) is 11.0. The van der Waals surface area contributed by atoms with E-state index in [1.165, 1.54) is 0 Å². The number of ether oxygens (including phenoxy) is 2. The molecule has 148 valence electrons. The lowest BCUT2D eigenvalue weighted by Gasteiger charge is -2.07. The predicted molar refractivity (Wildman–Crippen MR) is 107 cm³/mol. The third-order valence-corrected chi connectivity index (χ3v) is 4.48. The number of hydrogen-bond donors (Lipinski definition) is 0. The molecule has 0 aliphatic rings. The summed E-state index contributed by atoms with van der Waals surface area (Å²) in [6.07, 6.45) is 1.76. The molecular weight excluding hydrogens is 372 g/mol. The molecule has 7 nitrogen and oxygen atoms in total. The van der Waals surface area contributed by atoms with Crippen LogP contribution in [-0.2, 0) is 13.0 Å². The quantitative estimate of drug-likeness (QED) is 0.431. The number of nitrogens with zero attached hydrogens (tertiary/aromatic N) is 2. The molecule has 29 heavy (non-hydrogen) atoms. The molecule has 0 atom stereocenters. The van der Waals surface area contributed by atoms with Crippen molar-refractivity contribution in [3.8, 4) is 22.9 Å². The lowest BCUT2D eigenvalue weighted by Crippen LogP contribution is -2.01. The van der Waals surface area contributed by atoms with Gasteiger partial charge in [0.25, 0.3) is 5.89 Å². The molecule has 0 spiro atoms. The Kier molecular flexibility index (Phi) is 5.29. The van der Waals surface area contributed by atoms with Gasteiger partial charge in [-0.05, 0) is 36.2 Å². The summed E-state index contributed by atoms with van der Waals surface area (Å²) >= 11 is 0. The van der Waals surface area contributed by atoms with E-state index in [9.17, 15) is 4.79 Å². The molecular formula is C22H20N2O5. The maximum atomic E-state index is 11.8. The van der Waals surface area contributed by atoms with Gasteiger partial charge in [-0.1, -0.05) is 30.6 Å². The van der Waals surface area contributed by atoms with Crippen molar-refractivity contribution in [1.29, 1.82) is 0 Å². The van der Waals surface area contributed by atoms with Gasteiger partial charge in [-0.3, -0.25) is 0 Å². The van der Waals surface area contributed by atoms with Gasteiger partial charge >= 0.3 is 5.63 Å². The Morgan fingerprint density at radius 3 is 2.79 bits per heavy atom. The highest BCUT2D eigenvalue weighted by Crippen LogP contribution is 2.25. The second-order valence-corrected chi connectivity index (χ2v) is 6.53. The van der Waals surface area contributed by atoms with Crippen LogP contribution in [0.3, 0.4) is 0 Å². The Labute approximate surface area is 166 Å². The lowest BCUT2D eigenvalue weighted by molar-refractivity contribution is 0.243. The van der Waals surface area contributed by atoms with E-state index in [2.05, 4.69) is 17.1 Å². The first-order valence-electron chi connectivity index (χ1n) is 9.33. The van der Waals surface area contributed by atoms with E-state index in [1.807, 2.05) is 36.4 Å². The largest absolute Gasteiger partial charge is 0.497 e. The third kappa shape index (κ3) is 4.13. The fourth-order valence-electron chi connectivity index (χ4n) is 3.11. The first kappa shape index (κ1) is 18.7. The minimum atomic E-state index is -0.363. The molecule has 4 rings (SSSR count). The van der Waals surface area contributed by atoms with Crippen LogP contribution in [0.5, 0.6) is 11.5 Å². The standard InChI is InChI=1S/C22H20N2O5/c1-3-5-14-11-21(25)28-19-12-17(8-9-18(14)19)27-13-20-23-22(24-29-20)15-6-4-7-16(10-15)26-2/h4,6-12H,3,5,13H2,1-2H3. The molecule has 0 unspecified atom stereocenters. The fourth-order valence-corrected chi connectivity index (χ4v) is 3.11. The number of rotatable bonds is 7. The average Bonchev–Trinajstić information content (AvgIpc) is 3.21. The third-order valence-electron chi connectivity index (χ3n) is 4.48. The van der Waals surface area contributed by atoms with Crippen molar-refractivity contribution in [1.82, 2.24) is 10.1 Å². The smallest absolute Gasteiger partial charge is 0.336 e. The molecule has 0 fully saturated rings. The summed E-state index contributed by atoms with van der Waals surface area (Å²) < 4.78 is 21.6. The second-order valence-electron chi connectivity index (χ2n) is 6.53. The van der Waals surface area contributed by atoms with Crippen LogP contribution < -0.4 is 15.1 Å². The predicted octanol–water partition coefficient (Wildman–Crippen LogP) is 4.38. The van der Waals surface area contributed by atoms with Gasteiger partial charge in [0, 0.05) is 23.1 Å². The molecule has 0 radical (unpaired) electrons. The van der Waals surface area contributed by atoms with Crippen LogP contribution in [0.25, 0.3) is 22.4 Å². The van der Waals surface area contributed by atoms with Crippen LogP contribution in [0.4, 0.5) is 0 Å². The van der Waals surface area contributed by atoms with Gasteiger partial charge in [-0.25, -0.2) is 4.79 Å². The zero-order chi connectivity index (χ0) is 20.2. The maximum absolute atomic E-state index is 11.8. The monoisotopic (exact) mass is 392 g/mol. The number of aryl methyl sites for hydroxylation is 1. The Bertz CT molecular complexity index is 1200. The summed E-state index contributed by atoms with van der Waals surface area (Å²) in [5, 5.41) is 4.90. The van der Waals surface area contributed by atoms with E-state index in [0.717, 1.165) is 29.4 Å². The van der Waals surface area contributed by atoms with Crippen LogP contribution in [0, 0.1) is 0 Å². The van der Waals surface area contributed by atoms with Crippen molar-refractivity contribution in [2.75, 3.05) is 7.11 Å². The number of aromatic nitrogens is 2. The molecule has 0 saturated heterocycles. The van der Waals surface area contributed by atoms with Gasteiger partial charge < -0.3 is 18.4 Å². The van der Waals surface area contributed by atoms with Crippen molar-refractivity contribution in [2.24, 2.45) is 0 Å². The van der Waals surface area contributed by atoms with E-state index in [4.69, 9.17) is 18.4 Å². The summed E-state index contributed by atoms with van der Waals surface area (Å²) in [7, 11) is 1.60. The zero-order valence-electron chi connectivity index (χ0n) is 16.2. The van der Waals surface area contributed by atoms with Crippen molar-refractivity contribution in [3.63, 3.8) is 0 Å². The van der Waals surface area contributed by atoms with E-state index < -0.39 is 0 Å². The molecule has 2 aromatic heterocycles. The number of methoxy groups -OCH3 is 1. The zero-order valence-corrected chi connectivity index (χ0v) is 16.2. The molecule has 0 bridgehead atoms. The van der Waals surface area contributed by atoms with Gasteiger partial charge in [0.15, 0.2) is 6.61 Å². The average molecular weight is 392 g/mol. The van der Waals surface area contributed by atoms with Crippen molar-refractivity contribution >= 4 is 11.0 Å². The van der Waals surface area contributed by atoms with Gasteiger partial charge in [-0.15, -0.1) is 0 Å². The first-order chi connectivity index (χ1) is 14.2. The Morgan fingerprint density at radius 2 is 1.97 bits per heavy atom. The van der Waals surface area contributed by atoms with Crippen molar-refractivity contribution < 1.29 is 18.4 Å². The lowest BCUT2D eigenvalue weighted by atomic mass is 10.1. The Hall–Kier alpha value is -3.61. The van der Waals surface area contributed by atoms with Crippen molar-refractivity contribution in [2.45, 2.75) is 26.4 Å². The number of fused-ring (bicyclic) bond motifs is 1. The van der Waals surface area contributed by atoms with Crippen molar-refractivity contribution in [3.05, 3.63) is 70.4 Å². The highest BCUT2D eigenvalue weighted by molar-refractivity contribution is 5.81. The topological polar surface area (TPSA) is 87.6 Å². The Balaban J connectivity index is 1.51. The minimum absolute atomic E-state index is 0.0986. The van der Waals surface area contributed by atoms with Gasteiger partial charge in [0.05, 0.1) is 7.11 Å². The van der Waals surface area contributed by atoms with E-state index in [0.29, 0.717) is 28.8 Å². The summed E-state index contributed by atoms with van der Waals surface area (Å²) in [5.41, 5.74) is 1.90. The molecule has 4 aromatic rings. The van der Waals surface area contributed by atoms with Gasteiger partial charge in [-0.2, -0.15) is 4.98 Å². The van der Waals surface area contributed by atoms with Gasteiger partial charge in [0.1, 0.15) is 17.1 Å². The van der Waals surface area contributed by atoms with E-state index >= 15 is 0 Å². The molecule has 0 aliphatic heterocycles. The first-order valence-corrected chi connectivity index (χ1v) is 9.33.